The SMILES string of the molecule is C=C(C(C)C)C(C)(C)/C=C/[C@@H](C)[C@H]1CCC2C3CC=C4C[C@@H](O)CC[C@]4(C)C3CC[C@@]21C. The molecule has 1 N–H and O–H groups in total. The van der Waals surface area contributed by atoms with E-state index in [9.17, 15) is 5.11 Å². The van der Waals surface area contributed by atoms with E-state index in [1.165, 1.54) is 44.1 Å². The van der Waals surface area contributed by atoms with Crippen LogP contribution in [0, 0.1) is 51.8 Å². The fraction of sp³-hybridized carbons (Fsp3) is 0.806. The Kier molecular flexibility index (Phi) is 6.41. The summed E-state index contributed by atoms with van der Waals surface area (Å²) in [6.07, 6.45) is 17.5. The molecule has 0 aliphatic heterocycles. The first-order valence-electron chi connectivity index (χ1n) is 13.7. The normalized spacial score (nSPS) is 42.9. The molecule has 32 heavy (non-hydrogen) atoms. The molecule has 3 saturated carbocycles. The molecule has 3 unspecified atom stereocenters. The van der Waals surface area contributed by atoms with Crippen LogP contribution < -0.4 is 0 Å². The van der Waals surface area contributed by atoms with E-state index in [1.54, 1.807) is 5.57 Å². The van der Waals surface area contributed by atoms with Crippen molar-refractivity contribution in [2.45, 2.75) is 106 Å². The van der Waals surface area contributed by atoms with Gasteiger partial charge in [-0.3, -0.25) is 0 Å². The lowest BCUT2D eigenvalue weighted by Gasteiger charge is -2.58. The zero-order chi connectivity index (χ0) is 23.5. The van der Waals surface area contributed by atoms with Crippen molar-refractivity contribution in [1.82, 2.24) is 0 Å². The third-order valence-corrected chi connectivity index (χ3v) is 11.1. The molecule has 0 aromatic carbocycles. The number of rotatable bonds is 5. The summed E-state index contributed by atoms with van der Waals surface area (Å²) in [6, 6.07) is 0. The van der Waals surface area contributed by atoms with Crippen LogP contribution in [0.3, 0.4) is 0 Å². The minimum Gasteiger partial charge on any atom is -0.393 e. The van der Waals surface area contributed by atoms with Gasteiger partial charge in [-0.1, -0.05) is 84.4 Å². The van der Waals surface area contributed by atoms with Crippen LogP contribution in [0.5, 0.6) is 0 Å². The monoisotopic (exact) mass is 438 g/mol. The van der Waals surface area contributed by atoms with Gasteiger partial charge < -0.3 is 5.11 Å². The quantitative estimate of drug-likeness (QED) is 0.427. The van der Waals surface area contributed by atoms with Crippen LogP contribution in [0.15, 0.2) is 36.0 Å². The van der Waals surface area contributed by atoms with Crippen molar-refractivity contribution in [3.63, 3.8) is 0 Å². The Morgan fingerprint density at radius 2 is 1.81 bits per heavy atom. The van der Waals surface area contributed by atoms with Crippen LogP contribution in [0.1, 0.15) is 99.8 Å². The van der Waals surface area contributed by atoms with E-state index in [-0.39, 0.29) is 11.5 Å². The highest BCUT2D eigenvalue weighted by atomic mass is 16.3. The van der Waals surface area contributed by atoms with Gasteiger partial charge in [-0.25, -0.2) is 0 Å². The van der Waals surface area contributed by atoms with Gasteiger partial charge in [-0.05, 0) is 97.7 Å². The molecule has 180 valence electrons. The highest BCUT2D eigenvalue weighted by Gasteiger charge is 2.59. The van der Waals surface area contributed by atoms with Gasteiger partial charge in [0.1, 0.15) is 0 Å². The van der Waals surface area contributed by atoms with Gasteiger partial charge in [0.15, 0.2) is 0 Å². The molecule has 0 bridgehead atoms. The van der Waals surface area contributed by atoms with E-state index in [0.29, 0.717) is 22.7 Å². The van der Waals surface area contributed by atoms with E-state index >= 15 is 0 Å². The number of fused-ring (bicyclic) bond motifs is 5. The van der Waals surface area contributed by atoms with E-state index in [2.05, 4.69) is 73.3 Å². The van der Waals surface area contributed by atoms with Crippen LogP contribution in [-0.4, -0.2) is 11.2 Å². The van der Waals surface area contributed by atoms with Gasteiger partial charge in [-0.2, -0.15) is 0 Å². The molecule has 0 spiro atoms. The summed E-state index contributed by atoms with van der Waals surface area (Å²) in [5.74, 6) is 4.54. The summed E-state index contributed by atoms with van der Waals surface area (Å²) in [5, 5.41) is 10.3. The maximum Gasteiger partial charge on any atom is 0.0577 e. The number of allylic oxidation sites excluding steroid dienone is 4. The predicted molar refractivity (Wildman–Crippen MR) is 137 cm³/mol. The van der Waals surface area contributed by atoms with Gasteiger partial charge in [0, 0.05) is 5.41 Å². The second kappa shape index (κ2) is 8.44. The Bertz CT molecular complexity index is 784. The lowest BCUT2D eigenvalue weighted by atomic mass is 9.47. The first kappa shape index (κ1) is 24.3. The van der Waals surface area contributed by atoms with Crippen molar-refractivity contribution in [3.8, 4) is 0 Å². The summed E-state index contributed by atoms with van der Waals surface area (Å²) >= 11 is 0. The third-order valence-electron chi connectivity index (χ3n) is 11.1. The Labute approximate surface area is 198 Å². The molecule has 4 aliphatic rings. The first-order chi connectivity index (χ1) is 14.9. The van der Waals surface area contributed by atoms with Gasteiger partial charge in [0.05, 0.1) is 6.10 Å². The Morgan fingerprint density at radius 1 is 1.09 bits per heavy atom. The standard InChI is InChI=1S/C31H50O/c1-20(2)22(4)29(5,6)16-13-21(3)26-11-12-27-25-10-9-23-19-24(32)14-17-30(23,7)28(25)15-18-31(26,27)8/h9,13,16,20-21,24-28,32H,4,10-12,14-15,17-19H2,1-3,5-8H3/b16-13+/t21-,24+,25?,26-,27?,28?,30+,31-/m1/s1. The predicted octanol–water partition coefficient (Wildman–Crippen LogP) is 8.36. The molecule has 8 atom stereocenters. The van der Waals surface area contributed by atoms with Crippen LogP contribution in [0.25, 0.3) is 0 Å². The van der Waals surface area contributed by atoms with Gasteiger partial charge in [-0.15, -0.1) is 0 Å². The average Bonchev–Trinajstić information content (AvgIpc) is 3.09. The van der Waals surface area contributed by atoms with E-state index in [1.807, 2.05) is 0 Å². The molecule has 4 rings (SSSR count). The fourth-order valence-corrected chi connectivity index (χ4v) is 8.92. The van der Waals surface area contributed by atoms with E-state index in [0.717, 1.165) is 36.5 Å². The zero-order valence-corrected chi connectivity index (χ0v) is 22.1. The van der Waals surface area contributed by atoms with Crippen molar-refractivity contribution in [1.29, 1.82) is 0 Å². The fourth-order valence-electron chi connectivity index (χ4n) is 8.92. The molecule has 3 fully saturated rings. The topological polar surface area (TPSA) is 20.2 Å². The largest absolute Gasteiger partial charge is 0.393 e. The minimum atomic E-state index is -0.0979. The number of hydrogen-bond donors (Lipinski definition) is 1. The van der Waals surface area contributed by atoms with E-state index < -0.39 is 0 Å². The van der Waals surface area contributed by atoms with Crippen molar-refractivity contribution in [3.05, 3.63) is 36.0 Å². The number of aliphatic hydroxyl groups is 1. The Morgan fingerprint density at radius 3 is 2.50 bits per heavy atom. The summed E-state index contributed by atoms with van der Waals surface area (Å²) < 4.78 is 0. The molecular formula is C31H50O. The van der Waals surface area contributed by atoms with Gasteiger partial charge in [0.25, 0.3) is 0 Å². The highest BCUT2D eigenvalue weighted by molar-refractivity contribution is 5.26. The lowest BCUT2D eigenvalue weighted by molar-refractivity contribution is -0.0540. The molecule has 0 radical (unpaired) electrons. The lowest BCUT2D eigenvalue weighted by Crippen LogP contribution is -2.50. The van der Waals surface area contributed by atoms with Crippen LogP contribution >= 0.6 is 0 Å². The Balaban J connectivity index is 1.52. The second-order valence-corrected chi connectivity index (χ2v) is 13.5. The maximum atomic E-state index is 10.3. The first-order valence-corrected chi connectivity index (χ1v) is 13.7. The van der Waals surface area contributed by atoms with Crippen molar-refractivity contribution in [2.75, 3.05) is 0 Å². The molecular weight excluding hydrogens is 388 g/mol. The third kappa shape index (κ3) is 3.89. The summed E-state index contributed by atoms with van der Waals surface area (Å²) in [5.41, 5.74) is 3.85. The highest BCUT2D eigenvalue weighted by Crippen LogP contribution is 2.67. The van der Waals surface area contributed by atoms with Crippen LogP contribution in [0.2, 0.25) is 0 Å². The second-order valence-electron chi connectivity index (χ2n) is 13.5. The summed E-state index contributed by atoms with van der Waals surface area (Å²) in [6.45, 7) is 21.3. The molecule has 4 aliphatic carbocycles. The van der Waals surface area contributed by atoms with Crippen molar-refractivity contribution in [2.24, 2.45) is 51.8 Å². The van der Waals surface area contributed by atoms with Crippen molar-refractivity contribution >= 4 is 0 Å². The molecule has 1 nitrogen and oxygen atoms in total. The van der Waals surface area contributed by atoms with Gasteiger partial charge in [0.2, 0.25) is 0 Å². The van der Waals surface area contributed by atoms with Crippen LogP contribution in [0.4, 0.5) is 0 Å². The molecule has 0 aromatic heterocycles. The maximum absolute atomic E-state index is 10.3. The molecule has 1 heteroatoms. The Hall–Kier alpha value is -0.820. The molecule has 0 amide bonds. The minimum absolute atomic E-state index is 0.0731. The average molecular weight is 439 g/mol. The molecule has 0 saturated heterocycles. The zero-order valence-electron chi connectivity index (χ0n) is 22.1. The number of aliphatic hydroxyl groups excluding tert-OH is 1. The van der Waals surface area contributed by atoms with Gasteiger partial charge >= 0.3 is 0 Å². The summed E-state index contributed by atoms with van der Waals surface area (Å²) in [4.78, 5) is 0. The smallest absolute Gasteiger partial charge is 0.0577 e. The molecule has 0 aromatic rings. The van der Waals surface area contributed by atoms with Crippen molar-refractivity contribution < 1.29 is 5.11 Å². The summed E-state index contributed by atoms with van der Waals surface area (Å²) in [7, 11) is 0. The number of hydrogen-bond acceptors (Lipinski definition) is 1. The van der Waals surface area contributed by atoms with Crippen LogP contribution in [-0.2, 0) is 0 Å². The molecule has 0 heterocycles. The van der Waals surface area contributed by atoms with E-state index in [4.69, 9.17) is 0 Å².